The minimum atomic E-state index is -0.210. The van der Waals surface area contributed by atoms with Gasteiger partial charge in [-0.3, -0.25) is 0 Å². The maximum atomic E-state index is 5.96. The highest BCUT2D eigenvalue weighted by molar-refractivity contribution is 7.09. The van der Waals surface area contributed by atoms with Crippen LogP contribution in [0.1, 0.15) is 38.3 Å². The molecule has 0 aliphatic carbocycles. The van der Waals surface area contributed by atoms with Crippen LogP contribution in [0.2, 0.25) is 0 Å². The Balaban J connectivity index is 2.30. The molecule has 17 heavy (non-hydrogen) atoms. The van der Waals surface area contributed by atoms with E-state index in [9.17, 15) is 0 Å². The van der Waals surface area contributed by atoms with Gasteiger partial charge in [0.2, 0.25) is 0 Å². The average molecular weight is 253 g/mol. The van der Waals surface area contributed by atoms with Crippen LogP contribution in [0.4, 0.5) is 0 Å². The summed E-state index contributed by atoms with van der Waals surface area (Å²) in [7, 11) is 0. The number of rotatable bonds is 4. The smallest absolute Gasteiger partial charge is 0.271 e. The molecule has 2 aromatic heterocycles. The largest absolute Gasteiger partial charge is 0.333 e. The van der Waals surface area contributed by atoms with Crippen LogP contribution in [-0.2, 0) is 6.42 Å². The molecule has 0 radical (unpaired) electrons. The highest BCUT2D eigenvalue weighted by atomic mass is 32.1. The summed E-state index contributed by atoms with van der Waals surface area (Å²) >= 11 is 1.26. The zero-order valence-corrected chi connectivity index (χ0v) is 10.9. The van der Waals surface area contributed by atoms with Crippen LogP contribution in [0.15, 0.2) is 4.52 Å². The first-order valence-corrected chi connectivity index (χ1v) is 6.31. The monoisotopic (exact) mass is 253 g/mol. The molecule has 2 rings (SSSR count). The fraction of sp³-hybridized carbons (Fsp3) is 0.600. The molecule has 0 aromatic carbocycles. The topological polar surface area (TPSA) is 90.7 Å². The Kier molecular flexibility index (Phi) is 3.49. The van der Waals surface area contributed by atoms with Crippen molar-refractivity contribution in [3.8, 4) is 10.8 Å². The van der Waals surface area contributed by atoms with Crippen molar-refractivity contribution < 1.29 is 4.52 Å². The predicted octanol–water partition coefficient (Wildman–Crippen LogP) is 1.81. The van der Waals surface area contributed by atoms with Crippen LogP contribution in [-0.4, -0.2) is 19.7 Å². The summed E-state index contributed by atoms with van der Waals surface area (Å²) in [5.74, 6) is 1.26. The van der Waals surface area contributed by atoms with E-state index in [4.69, 9.17) is 10.3 Å². The van der Waals surface area contributed by atoms with Crippen molar-refractivity contribution in [2.75, 3.05) is 0 Å². The Morgan fingerprint density at radius 3 is 2.82 bits per heavy atom. The van der Waals surface area contributed by atoms with E-state index in [1.807, 2.05) is 20.8 Å². The molecular weight excluding hydrogens is 238 g/mol. The van der Waals surface area contributed by atoms with Gasteiger partial charge >= 0.3 is 0 Å². The van der Waals surface area contributed by atoms with Crippen LogP contribution in [0.3, 0.4) is 0 Å². The molecule has 0 fully saturated rings. The standard InChI is InChI=1S/C10H15N5OS/c1-4-6-8(17-15-13-6)10-12-9(14-16-10)7(11)5(2)3/h5,7H,4,11H2,1-3H3. The van der Waals surface area contributed by atoms with Crippen molar-refractivity contribution in [2.45, 2.75) is 33.2 Å². The molecule has 92 valence electrons. The molecule has 0 bridgehead atoms. The number of nitrogens with zero attached hydrogens (tertiary/aromatic N) is 4. The van der Waals surface area contributed by atoms with Gasteiger partial charge in [0, 0.05) is 0 Å². The number of hydrogen-bond acceptors (Lipinski definition) is 7. The van der Waals surface area contributed by atoms with Gasteiger partial charge in [0.15, 0.2) is 5.82 Å². The number of aryl methyl sites for hydroxylation is 1. The summed E-state index contributed by atoms with van der Waals surface area (Å²) in [6.45, 7) is 6.05. The molecule has 0 aliphatic heterocycles. The number of nitrogens with two attached hydrogens (primary N) is 1. The molecule has 2 N–H and O–H groups in total. The first-order chi connectivity index (χ1) is 8.13. The first-order valence-electron chi connectivity index (χ1n) is 5.54. The maximum Gasteiger partial charge on any atom is 0.271 e. The van der Waals surface area contributed by atoms with Crippen LogP contribution in [0.5, 0.6) is 0 Å². The predicted molar refractivity (Wildman–Crippen MR) is 64.3 cm³/mol. The van der Waals surface area contributed by atoms with Gasteiger partial charge in [0.05, 0.1) is 11.7 Å². The maximum absolute atomic E-state index is 5.96. The van der Waals surface area contributed by atoms with Gasteiger partial charge in [-0.25, -0.2) is 0 Å². The van der Waals surface area contributed by atoms with E-state index in [1.54, 1.807) is 0 Å². The average Bonchev–Trinajstić information content (AvgIpc) is 2.95. The fourth-order valence-electron chi connectivity index (χ4n) is 1.36. The van der Waals surface area contributed by atoms with Crippen molar-refractivity contribution in [1.82, 2.24) is 19.7 Å². The Morgan fingerprint density at radius 1 is 1.41 bits per heavy atom. The summed E-state index contributed by atoms with van der Waals surface area (Å²) in [6, 6.07) is -0.210. The molecule has 0 amide bonds. The van der Waals surface area contributed by atoms with E-state index in [2.05, 4.69) is 19.7 Å². The van der Waals surface area contributed by atoms with Crippen molar-refractivity contribution in [1.29, 1.82) is 0 Å². The van der Waals surface area contributed by atoms with Crippen molar-refractivity contribution in [3.63, 3.8) is 0 Å². The molecule has 0 saturated heterocycles. The summed E-state index contributed by atoms with van der Waals surface area (Å²) < 4.78 is 9.10. The lowest BCUT2D eigenvalue weighted by molar-refractivity contribution is 0.400. The molecule has 2 aromatic rings. The molecular formula is C10H15N5OS. The highest BCUT2D eigenvalue weighted by Crippen LogP contribution is 2.26. The second kappa shape index (κ2) is 4.89. The summed E-state index contributed by atoms with van der Waals surface area (Å²) in [5, 5.41) is 7.92. The van der Waals surface area contributed by atoms with E-state index < -0.39 is 0 Å². The lowest BCUT2D eigenvalue weighted by Crippen LogP contribution is -2.18. The van der Waals surface area contributed by atoms with Crippen molar-refractivity contribution >= 4 is 11.5 Å². The van der Waals surface area contributed by atoms with E-state index in [-0.39, 0.29) is 12.0 Å². The Bertz CT molecular complexity index is 492. The van der Waals surface area contributed by atoms with E-state index in [0.717, 1.165) is 17.0 Å². The quantitative estimate of drug-likeness (QED) is 0.893. The van der Waals surface area contributed by atoms with Gasteiger partial charge in [-0.2, -0.15) is 4.98 Å². The Labute approximate surface area is 103 Å². The third kappa shape index (κ3) is 2.34. The van der Waals surface area contributed by atoms with Crippen LogP contribution in [0.25, 0.3) is 10.8 Å². The Morgan fingerprint density at radius 2 is 2.18 bits per heavy atom. The fourth-order valence-corrected chi connectivity index (χ4v) is 2.04. The van der Waals surface area contributed by atoms with Gasteiger partial charge in [-0.15, -0.1) is 5.10 Å². The van der Waals surface area contributed by atoms with Gasteiger partial charge in [0.1, 0.15) is 4.88 Å². The number of hydrogen-bond donors (Lipinski definition) is 1. The van der Waals surface area contributed by atoms with E-state index >= 15 is 0 Å². The summed E-state index contributed by atoms with van der Waals surface area (Å²) in [4.78, 5) is 5.15. The summed E-state index contributed by atoms with van der Waals surface area (Å²) in [5.41, 5.74) is 6.84. The van der Waals surface area contributed by atoms with Crippen LogP contribution in [0, 0.1) is 5.92 Å². The van der Waals surface area contributed by atoms with Gasteiger partial charge < -0.3 is 10.3 Å². The number of aromatic nitrogens is 4. The van der Waals surface area contributed by atoms with Crippen LogP contribution >= 0.6 is 11.5 Å². The lowest BCUT2D eigenvalue weighted by Gasteiger charge is -2.09. The highest BCUT2D eigenvalue weighted by Gasteiger charge is 2.20. The van der Waals surface area contributed by atoms with Gasteiger partial charge in [-0.1, -0.05) is 30.4 Å². The lowest BCUT2D eigenvalue weighted by atomic mass is 10.1. The van der Waals surface area contributed by atoms with Gasteiger partial charge in [-0.05, 0) is 23.9 Å². The van der Waals surface area contributed by atoms with Crippen LogP contribution < -0.4 is 5.73 Å². The van der Waals surface area contributed by atoms with Gasteiger partial charge in [0.25, 0.3) is 5.89 Å². The summed E-state index contributed by atoms with van der Waals surface area (Å²) in [6.07, 6.45) is 0.791. The molecule has 0 saturated carbocycles. The minimum Gasteiger partial charge on any atom is -0.333 e. The van der Waals surface area contributed by atoms with Crippen molar-refractivity contribution in [3.05, 3.63) is 11.5 Å². The third-order valence-electron chi connectivity index (χ3n) is 2.54. The zero-order chi connectivity index (χ0) is 12.4. The second-order valence-electron chi connectivity index (χ2n) is 4.13. The third-order valence-corrected chi connectivity index (χ3v) is 3.30. The zero-order valence-electron chi connectivity index (χ0n) is 10.0. The Hall–Kier alpha value is -1.34. The van der Waals surface area contributed by atoms with E-state index in [0.29, 0.717) is 11.7 Å². The second-order valence-corrected chi connectivity index (χ2v) is 4.88. The van der Waals surface area contributed by atoms with Crippen molar-refractivity contribution in [2.24, 2.45) is 11.7 Å². The molecule has 6 nitrogen and oxygen atoms in total. The molecule has 2 heterocycles. The molecule has 1 atom stereocenters. The molecule has 1 unspecified atom stereocenters. The SMILES string of the molecule is CCc1nnsc1-c1nc(C(N)C(C)C)no1. The minimum absolute atomic E-state index is 0.210. The molecule has 0 spiro atoms. The first kappa shape index (κ1) is 12.1. The normalized spacial score (nSPS) is 13.2. The van der Waals surface area contributed by atoms with E-state index in [1.165, 1.54) is 11.5 Å². The molecule has 0 aliphatic rings. The molecule has 7 heteroatoms.